The van der Waals surface area contributed by atoms with Crippen LogP contribution in [0.2, 0.25) is 5.02 Å². The zero-order valence-corrected chi connectivity index (χ0v) is 14.9. The molecule has 2 aromatic heterocycles. The van der Waals surface area contributed by atoms with Gasteiger partial charge in [0, 0.05) is 12.6 Å². The average Bonchev–Trinajstić information content (AvgIpc) is 2.66. The molecule has 1 amide bonds. The molecule has 0 fully saturated rings. The molecule has 3 rings (SSSR count). The summed E-state index contributed by atoms with van der Waals surface area (Å²) in [5, 5.41) is 3.41. The van der Waals surface area contributed by atoms with Crippen molar-refractivity contribution in [3.8, 4) is 11.5 Å². The highest BCUT2D eigenvalue weighted by Gasteiger charge is 2.20. The van der Waals surface area contributed by atoms with Gasteiger partial charge in [0.05, 0.1) is 5.69 Å². The van der Waals surface area contributed by atoms with E-state index < -0.39 is 11.9 Å². The summed E-state index contributed by atoms with van der Waals surface area (Å²) >= 11 is 6.34. The van der Waals surface area contributed by atoms with Crippen molar-refractivity contribution in [1.82, 2.24) is 15.0 Å². The molecule has 0 aliphatic carbocycles. The number of primary amides is 1. The number of hydrogen-bond donors (Lipinski definition) is 2. The number of nitrogens with two attached hydrogens (primary N) is 1. The molecule has 0 spiro atoms. The van der Waals surface area contributed by atoms with E-state index in [1.807, 2.05) is 48.5 Å². The van der Waals surface area contributed by atoms with Crippen LogP contribution >= 0.6 is 11.6 Å². The molecule has 7 heteroatoms. The maximum atomic E-state index is 11.9. The first-order valence-corrected chi connectivity index (χ1v) is 8.47. The first kappa shape index (κ1) is 17.8. The third-order valence-corrected chi connectivity index (χ3v) is 4.30. The molecular weight excluding hydrogens is 350 g/mol. The number of hydrogen-bond acceptors (Lipinski definition) is 5. The largest absolute Gasteiger partial charge is 0.368 e. The Balaban J connectivity index is 1.91. The summed E-state index contributed by atoms with van der Waals surface area (Å²) in [6.07, 6.45) is 2.09. The minimum absolute atomic E-state index is 0.351. The average molecular weight is 368 g/mol. The van der Waals surface area contributed by atoms with Gasteiger partial charge < -0.3 is 11.1 Å². The summed E-state index contributed by atoms with van der Waals surface area (Å²) in [5.41, 5.74) is 7.76. The summed E-state index contributed by atoms with van der Waals surface area (Å²) in [6.45, 7) is 1.78. The summed E-state index contributed by atoms with van der Waals surface area (Å²) in [7, 11) is 0. The minimum Gasteiger partial charge on any atom is -0.368 e. The van der Waals surface area contributed by atoms with Gasteiger partial charge in [-0.1, -0.05) is 48.0 Å². The van der Waals surface area contributed by atoms with Crippen LogP contribution in [0.5, 0.6) is 0 Å². The van der Waals surface area contributed by atoms with E-state index in [0.29, 0.717) is 34.5 Å². The summed E-state index contributed by atoms with van der Waals surface area (Å²) in [6, 6.07) is 14.4. The van der Waals surface area contributed by atoms with Crippen LogP contribution in [-0.2, 0) is 11.2 Å². The summed E-state index contributed by atoms with van der Waals surface area (Å²) in [5.74, 6) is 0.304. The molecule has 1 atom stereocenters. The van der Waals surface area contributed by atoms with Gasteiger partial charge in [0.2, 0.25) is 5.91 Å². The number of nitrogens with one attached hydrogen (secondary N) is 1. The molecular formula is C19H18ClN5O. The zero-order chi connectivity index (χ0) is 18.5. The van der Waals surface area contributed by atoms with Crippen LogP contribution in [-0.4, -0.2) is 26.9 Å². The van der Waals surface area contributed by atoms with Crippen molar-refractivity contribution in [2.24, 2.45) is 5.73 Å². The quantitative estimate of drug-likeness (QED) is 0.698. The maximum Gasteiger partial charge on any atom is 0.240 e. The van der Waals surface area contributed by atoms with Gasteiger partial charge in [0.1, 0.15) is 22.6 Å². The van der Waals surface area contributed by atoms with E-state index in [9.17, 15) is 4.79 Å². The van der Waals surface area contributed by atoms with Crippen LogP contribution in [0, 0.1) is 6.92 Å². The number of benzene rings is 1. The lowest BCUT2D eigenvalue weighted by molar-refractivity contribution is -0.118. The van der Waals surface area contributed by atoms with E-state index in [1.54, 1.807) is 13.1 Å². The Morgan fingerprint density at radius 3 is 2.54 bits per heavy atom. The highest BCUT2D eigenvalue weighted by Crippen LogP contribution is 2.26. The van der Waals surface area contributed by atoms with Crippen molar-refractivity contribution < 1.29 is 4.79 Å². The smallest absolute Gasteiger partial charge is 0.240 e. The lowest BCUT2D eigenvalue weighted by Gasteiger charge is -2.18. The Kier molecular flexibility index (Phi) is 5.43. The van der Waals surface area contributed by atoms with E-state index in [-0.39, 0.29) is 0 Å². The number of carbonyl (C=O) groups excluding carboxylic acids is 1. The molecule has 0 aliphatic rings. The molecule has 0 bridgehead atoms. The van der Waals surface area contributed by atoms with Crippen molar-refractivity contribution in [1.29, 1.82) is 0 Å². The third kappa shape index (κ3) is 4.15. The fourth-order valence-electron chi connectivity index (χ4n) is 2.50. The Labute approximate surface area is 156 Å². The molecule has 3 N–H and O–H groups in total. The molecule has 1 unspecified atom stereocenters. The number of nitrogens with zero attached hydrogens (tertiary/aromatic N) is 3. The predicted octanol–water partition coefficient (Wildman–Crippen LogP) is 3.01. The number of amides is 1. The molecule has 1 aromatic carbocycles. The van der Waals surface area contributed by atoms with Crippen molar-refractivity contribution in [2.75, 3.05) is 5.32 Å². The molecule has 0 aliphatic heterocycles. The molecule has 132 valence electrons. The summed E-state index contributed by atoms with van der Waals surface area (Å²) in [4.78, 5) is 25.0. The van der Waals surface area contributed by atoms with Crippen molar-refractivity contribution >= 4 is 23.3 Å². The number of anilines is 1. The minimum atomic E-state index is -0.652. The molecule has 0 saturated carbocycles. The maximum absolute atomic E-state index is 11.9. The van der Waals surface area contributed by atoms with Gasteiger partial charge in [-0.25, -0.2) is 9.97 Å². The highest BCUT2D eigenvalue weighted by atomic mass is 35.5. The number of aromatic nitrogens is 3. The van der Waals surface area contributed by atoms with Gasteiger partial charge in [-0.2, -0.15) is 0 Å². The monoisotopic (exact) mass is 367 g/mol. The van der Waals surface area contributed by atoms with Crippen LogP contribution in [0.4, 0.5) is 5.82 Å². The number of aryl methyl sites for hydroxylation is 1. The van der Waals surface area contributed by atoms with Crippen LogP contribution in [0.1, 0.15) is 11.3 Å². The van der Waals surface area contributed by atoms with Crippen LogP contribution < -0.4 is 11.1 Å². The molecule has 0 radical (unpaired) electrons. The second-order valence-corrected chi connectivity index (χ2v) is 6.18. The van der Waals surface area contributed by atoms with E-state index in [4.69, 9.17) is 17.3 Å². The van der Waals surface area contributed by atoms with Gasteiger partial charge in [-0.05, 0) is 24.6 Å². The van der Waals surface area contributed by atoms with Gasteiger partial charge in [-0.3, -0.25) is 9.78 Å². The molecule has 0 saturated heterocycles. The van der Waals surface area contributed by atoms with Crippen LogP contribution in [0.25, 0.3) is 11.5 Å². The Morgan fingerprint density at radius 1 is 1.15 bits per heavy atom. The van der Waals surface area contributed by atoms with Crippen molar-refractivity contribution in [3.05, 3.63) is 71.0 Å². The van der Waals surface area contributed by atoms with Gasteiger partial charge in [0.15, 0.2) is 5.82 Å². The van der Waals surface area contributed by atoms with Gasteiger partial charge >= 0.3 is 0 Å². The topological polar surface area (TPSA) is 93.8 Å². The number of halogens is 1. The Morgan fingerprint density at radius 2 is 1.88 bits per heavy atom. The van der Waals surface area contributed by atoms with E-state index in [1.165, 1.54) is 0 Å². The predicted molar refractivity (Wildman–Crippen MR) is 102 cm³/mol. The lowest BCUT2D eigenvalue weighted by Crippen LogP contribution is -2.37. The lowest BCUT2D eigenvalue weighted by atomic mass is 10.1. The Hall–Kier alpha value is -2.99. The second-order valence-electron chi connectivity index (χ2n) is 5.80. The first-order chi connectivity index (χ1) is 12.5. The molecule has 26 heavy (non-hydrogen) atoms. The Bertz CT molecular complexity index is 903. The van der Waals surface area contributed by atoms with E-state index in [2.05, 4.69) is 20.3 Å². The fourth-order valence-corrected chi connectivity index (χ4v) is 2.64. The SMILES string of the molecule is Cc1nc(-c2ccccn2)nc(NC(Cc2ccccc2)C(N)=O)c1Cl. The highest BCUT2D eigenvalue weighted by molar-refractivity contribution is 6.33. The van der Waals surface area contributed by atoms with Crippen LogP contribution in [0.15, 0.2) is 54.7 Å². The van der Waals surface area contributed by atoms with Crippen molar-refractivity contribution in [3.63, 3.8) is 0 Å². The van der Waals surface area contributed by atoms with Gasteiger partial charge in [-0.15, -0.1) is 0 Å². The third-order valence-electron chi connectivity index (χ3n) is 3.85. The van der Waals surface area contributed by atoms with Crippen LogP contribution in [0.3, 0.4) is 0 Å². The number of carbonyl (C=O) groups is 1. The molecule has 6 nitrogen and oxygen atoms in total. The first-order valence-electron chi connectivity index (χ1n) is 8.10. The second kappa shape index (κ2) is 7.93. The zero-order valence-electron chi connectivity index (χ0n) is 14.2. The summed E-state index contributed by atoms with van der Waals surface area (Å²) < 4.78 is 0. The standard InChI is InChI=1S/C19H18ClN5O/c1-12-16(20)19(25-18(23-12)14-9-5-6-10-22-14)24-15(17(21)26)11-13-7-3-2-4-8-13/h2-10,15H,11H2,1H3,(H2,21,26)(H,23,24,25). The van der Waals surface area contributed by atoms with E-state index >= 15 is 0 Å². The van der Waals surface area contributed by atoms with Crippen molar-refractivity contribution in [2.45, 2.75) is 19.4 Å². The fraction of sp³-hybridized carbons (Fsp3) is 0.158. The van der Waals surface area contributed by atoms with Gasteiger partial charge in [0.25, 0.3) is 0 Å². The number of rotatable bonds is 6. The normalized spacial score (nSPS) is 11.8. The molecule has 2 heterocycles. The number of pyridine rings is 1. The van der Waals surface area contributed by atoms with E-state index in [0.717, 1.165) is 5.56 Å². The molecule has 3 aromatic rings.